The zero-order chi connectivity index (χ0) is 23.4. The van der Waals surface area contributed by atoms with Gasteiger partial charge in [0.15, 0.2) is 11.5 Å². The van der Waals surface area contributed by atoms with Crippen LogP contribution in [0.4, 0.5) is 14.6 Å². The first kappa shape index (κ1) is 23.2. The summed E-state index contributed by atoms with van der Waals surface area (Å²) in [7, 11) is 0. The van der Waals surface area contributed by atoms with E-state index in [2.05, 4.69) is 19.8 Å². The van der Waals surface area contributed by atoms with Gasteiger partial charge in [0.2, 0.25) is 5.91 Å². The lowest BCUT2D eigenvalue weighted by atomic mass is 9.94. The number of hydrogen-bond acceptors (Lipinski definition) is 5. The number of carbonyl (C=O) groups is 2. The van der Waals surface area contributed by atoms with Gasteiger partial charge in [0.1, 0.15) is 5.82 Å². The van der Waals surface area contributed by atoms with E-state index < -0.39 is 17.7 Å². The van der Waals surface area contributed by atoms with Crippen LogP contribution in [0.5, 0.6) is 11.5 Å². The van der Waals surface area contributed by atoms with Crippen LogP contribution in [0.3, 0.4) is 0 Å². The molecule has 0 unspecified atom stereocenters. The second-order valence-electron chi connectivity index (χ2n) is 8.11. The number of nitrogens with zero attached hydrogens (tertiary/aromatic N) is 1. The van der Waals surface area contributed by atoms with Crippen LogP contribution < -0.4 is 14.8 Å². The molecule has 34 heavy (non-hydrogen) atoms. The highest BCUT2D eigenvalue weighted by Gasteiger charge is 2.53. The molecule has 2 heterocycles. The van der Waals surface area contributed by atoms with Crippen molar-refractivity contribution in [3.05, 3.63) is 71.3 Å². The molecule has 7 nitrogen and oxygen atoms in total. The van der Waals surface area contributed by atoms with Crippen molar-refractivity contribution in [3.63, 3.8) is 0 Å². The Hall–Kier alpha value is -4.01. The summed E-state index contributed by atoms with van der Waals surface area (Å²) in [6, 6.07) is 14.2. The number of amides is 1. The number of anilines is 1. The van der Waals surface area contributed by atoms with Gasteiger partial charge in [-0.2, -0.15) is 0 Å². The van der Waals surface area contributed by atoms with E-state index in [-0.39, 0.29) is 30.4 Å². The standard InChI is InChI=1S/C24H18F2N2O5.CH4/c1-13-5-8-19(27-20(13)14-3-2-4-15(11-14)21(29)30)28-22(31)23(9-10-23)16-6-7-17-18(12-16)33-24(25,26)32-17;/h2-8,11-12H,9-10H2,1H3,(H,29,30)(H,27,28,31);1H4. The van der Waals surface area contributed by atoms with E-state index >= 15 is 0 Å². The maximum atomic E-state index is 13.3. The highest BCUT2D eigenvalue weighted by atomic mass is 19.3. The quantitative estimate of drug-likeness (QED) is 0.522. The lowest BCUT2D eigenvalue weighted by molar-refractivity contribution is -0.286. The number of carboxylic acids is 1. The van der Waals surface area contributed by atoms with Gasteiger partial charge in [0, 0.05) is 5.56 Å². The summed E-state index contributed by atoms with van der Waals surface area (Å²) in [5.41, 5.74) is 1.79. The Kier molecular flexibility index (Phi) is 5.51. The van der Waals surface area contributed by atoms with Gasteiger partial charge in [0.05, 0.1) is 16.7 Å². The fourth-order valence-corrected chi connectivity index (χ4v) is 3.94. The Labute approximate surface area is 194 Å². The molecule has 0 radical (unpaired) electrons. The zero-order valence-electron chi connectivity index (χ0n) is 17.4. The van der Waals surface area contributed by atoms with Crippen molar-refractivity contribution >= 4 is 17.7 Å². The predicted molar refractivity (Wildman–Crippen MR) is 120 cm³/mol. The molecule has 176 valence electrons. The van der Waals surface area contributed by atoms with Crippen LogP contribution in [0.1, 0.15) is 41.8 Å². The summed E-state index contributed by atoms with van der Waals surface area (Å²) in [4.78, 5) is 29.0. The summed E-state index contributed by atoms with van der Waals surface area (Å²) < 4.78 is 35.6. The highest BCUT2D eigenvalue weighted by molar-refractivity contribution is 6.01. The van der Waals surface area contributed by atoms with Crippen molar-refractivity contribution in [1.29, 1.82) is 0 Å². The minimum absolute atomic E-state index is 0. The van der Waals surface area contributed by atoms with Gasteiger partial charge in [0.25, 0.3) is 0 Å². The number of rotatable bonds is 5. The molecular formula is C25H22F2N2O5. The fraction of sp³-hybridized carbons (Fsp3) is 0.240. The fourth-order valence-electron chi connectivity index (χ4n) is 3.94. The summed E-state index contributed by atoms with van der Waals surface area (Å²) in [5, 5.41) is 12.1. The monoisotopic (exact) mass is 468 g/mol. The molecule has 1 fully saturated rings. The third-order valence-electron chi connectivity index (χ3n) is 5.86. The number of aromatic carboxylic acids is 1. The number of fused-ring (bicyclic) bond motifs is 1. The van der Waals surface area contributed by atoms with E-state index in [0.29, 0.717) is 35.5 Å². The molecule has 1 aliphatic carbocycles. The minimum atomic E-state index is -3.72. The van der Waals surface area contributed by atoms with Gasteiger partial charge < -0.3 is 19.9 Å². The molecule has 2 aliphatic rings. The highest BCUT2D eigenvalue weighted by Crippen LogP contribution is 2.52. The summed E-state index contributed by atoms with van der Waals surface area (Å²) in [6.07, 6.45) is -2.62. The lowest BCUT2D eigenvalue weighted by Crippen LogP contribution is -2.28. The van der Waals surface area contributed by atoms with Crippen LogP contribution in [0.2, 0.25) is 0 Å². The average molecular weight is 468 g/mol. The first-order valence-corrected chi connectivity index (χ1v) is 10.2. The van der Waals surface area contributed by atoms with Crippen LogP contribution >= 0.6 is 0 Å². The lowest BCUT2D eigenvalue weighted by Gasteiger charge is -2.17. The Morgan fingerprint density at radius 3 is 2.47 bits per heavy atom. The van der Waals surface area contributed by atoms with Crippen molar-refractivity contribution in [1.82, 2.24) is 4.98 Å². The minimum Gasteiger partial charge on any atom is -0.478 e. The molecular weight excluding hydrogens is 446 g/mol. The number of ether oxygens (including phenoxy) is 2. The molecule has 9 heteroatoms. The topological polar surface area (TPSA) is 97.8 Å². The molecule has 2 aromatic carbocycles. The third kappa shape index (κ3) is 4.05. The largest absolute Gasteiger partial charge is 0.586 e. The second kappa shape index (κ2) is 8.09. The molecule has 3 aromatic rings. The molecule has 2 N–H and O–H groups in total. The molecule has 5 rings (SSSR count). The number of halogens is 2. The van der Waals surface area contributed by atoms with Gasteiger partial charge in [-0.15, -0.1) is 8.78 Å². The normalized spacial score (nSPS) is 16.3. The molecule has 0 atom stereocenters. The Balaban J connectivity index is 0.00000274. The van der Waals surface area contributed by atoms with Crippen molar-refractivity contribution in [2.24, 2.45) is 0 Å². The molecule has 0 saturated heterocycles. The number of pyridine rings is 1. The summed E-state index contributed by atoms with van der Waals surface area (Å²) >= 11 is 0. The first-order valence-electron chi connectivity index (χ1n) is 10.2. The maximum Gasteiger partial charge on any atom is 0.586 e. The maximum absolute atomic E-state index is 13.3. The van der Waals surface area contributed by atoms with Crippen LogP contribution in [0.15, 0.2) is 54.6 Å². The molecule has 1 amide bonds. The van der Waals surface area contributed by atoms with Gasteiger partial charge in [-0.25, -0.2) is 9.78 Å². The van der Waals surface area contributed by atoms with Crippen LogP contribution in [0, 0.1) is 6.92 Å². The molecule has 1 aromatic heterocycles. The van der Waals surface area contributed by atoms with E-state index in [1.165, 1.54) is 24.3 Å². The van der Waals surface area contributed by atoms with Crippen molar-refractivity contribution < 1.29 is 33.0 Å². The number of nitrogens with one attached hydrogen (secondary N) is 1. The number of alkyl halides is 2. The first-order chi connectivity index (χ1) is 15.7. The Bertz CT molecular complexity index is 1300. The molecule has 0 bridgehead atoms. The van der Waals surface area contributed by atoms with Gasteiger partial charge in [-0.05, 0) is 61.2 Å². The van der Waals surface area contributed by atoms with Crippen molar-refractivity contribution in [3.8, 4) is 22.8 Å². The zero-order valence-corrected chi connectivity index (χ0v) is 17.4. The van der Waals surface area contributed by atoms with Crippen molar-refractivity contribution in [2.75, 3.05) is 5.32 Å². The molecule has 0 spiro atoms. The van der Waals surface area contributed by atoms with E-state index in [1.807, 2.05) is 6.92 Å². The molecule has 1 aliphatic heterocycles. The van der Waals surface area contributed by atoms with Crippen molar-refractivity contribution in [2.45, 2.75) is 38.9 Å². The Morgan fingerprint density at radius 1 is 1.03 bits per heavy atom. The van der Waals surface area contributed by atoms with Crippen LogP contribution in [-0.4, -0.2) is 28.3 Å². The van der Waals surface area contributed by atoms with Crippen LogP contribution in [-0.2, 0) is 10.2 Å². The SMILES string of the molecule is C.Cc1ccc(NC(=O)C2(c3ccc4c(c3)OC(F)(F)O4)CC2)nc1-c1cccc(C(=O)O)c1. The molecule has 1 saturated carbocycles. The number of carboxylic acid groups (broad SMARTS) is 1. The van der Waals surface area contributed by atoms with Gasteiger partial charge in [-0.3, -0.25) is 4.79 Å². The van der Waals surface area contributed by atoms with Gasteiger partial charge in [-0.1, -0.05) is 31.7 Å². The smallest absolute Gasteiger partial charge is 0.478 e. The van der Waals surface area contributed by atoms with E-state index in [4.69, 9.17) is 0 Å². The number of benzene rings is 2. The number of aryl methyl sites for hydroxylation is 1. The van der Waals surface area contributed by atoms with Gasteiger partial charge >= 0.3 is 12.3 Å². The van der Waals surface area contributed by atoms with E-state index in [0.717, 1.165) is 5.56 Å². The van der Waals surface area contributed by atoms with E-state index in [9.17, 15) is 23.5 Å². The second-order valence-corrected chi connectivity index (χ2v) is 8.11. The average Bonchev–Trinajstić information content (AvgIpc) is 3.52. The van der Waals surface area contributed by atoms with E-state index in [1.54, 1.807) is 30.3 Å². The third-order valence-corrected chi connectivity index (χ3v) is 5.86. The summed E-state index contributed by atoms with van der Waals surface area (Å²) in [6.45, 7) is 1.84. The Morgan fingerprint density at radius 2 is 1.76 bits per heavy atom. The number of hydrogen-bond donors (Lipinski definition) is 2. The number of aromatic nitrogens is 1. The summed E-state index contributed by atoms with van der Waals surface area (Å²) in [5.74, 6) is -1.23. The van der Waals surface area contributed by atoms with Crippen LogP contribution in [0.25, 0.3) is 11.3 Å². The number of carbonyl (C=O) groups excluding carboxylic acids is 1. The predicted octanol–water partition coefficient (Wildman–Crippen LogP) is 5.38.